The summed E-state index contributed by atoms with van der Waals surface area (Å²) in [5.74, 6) is -1.42. The number of aliphatic hydroxyl groups excluding tert-OH is 5. The second-order valence-electron chi connectivity index (χ2n) is 17.0. The van der Waals surface area contributed by atoms with E-state index in [9.17, 15) is 58.9 Å². The third-order valence-corrected chi connectivity index (χ3v) is 12.4. The lowest BCUT2D eigenvalue weighted by Crippen LogP contribution is -2.64. The van der Waals surface area contributed by atoms with Gasteiger partial charge in [0.25, 0.3) is 0 Å². The van der Waals surface area contributed by atoms with Crippen molar-refractivity contribution in [1.29, 1.82) is 0 Å². The number of carbonyl (C=O) groups is 2. The third kappa shape index (κ3) is 33.1. The Bertz CT molecular complexity index is 1610. The molecule has 0 aromatic heterocycles. The van der Waals surface area contributed by atoms with Crippen molar-refractivity contribution >= 4 is 27.6 Å². The summed E-state index contributed by atoms with van der Waals surface area (Å²) in [4.78, 5) is 54.4. The van der Waals surface area contributed by atoms with Gasteiger partial charge in [-0.2, -0.15) is 0 Å². The Kier molecular flexibility index (Phi) is 36.4. The highest BCUT2D eigenvalue weighted by atomic mass is 31.2. The van der Waals surface area contributed by atoms with Crippen LogP contribution in [0.2, 0.25) is 0 Å². The van der Waals surface area contributed by atoms with Crippen LogP contribution in [0.25, 0.3) is 0 Å². The smallest absolute Gasteiger partial charge is 0.462 e. The van der Waals surface area contributed by atoms with Crippen molar-refractivity contribution in [3.63, 3.8) is 0 Å². The zero-order valence-electron chi connectivity index (χ0n) is 40.4. The molecule has 0 spiro atoms. The Hall–Kier alpha value is -2.60. The largest absolute Gasteiger partial charge is 0.472 e. The molecule has 0 aromatic carbocycles. The molecule has 0 aliphatic heterocycles. The molecular weight excluding hydrogens is 922 g/mol. The van der Waals surface area contributed by atoms with Gasteiger partial charge in [0, 0.05) is 12.8 Å². The van der Waals surface area contributed by atoms with Gasteiger partial charge < -0.3 is 49.7 Å². The minimum absolute atomic E-state index is 0.0718. The van der Waals surface area contributed by atoms with Crippen molar-refractivity contribution in [2.45, 2.75) is 210 Å². The van der Waals surface area contributed by atoms with E-state index in [2.05, 4.69) is 60.9 Å². The van der Waals surface area contributed by atoms with Gasteiger partial charge in [-0.25, -0.2) is 9.13 Å². The highest BCUT2D eigenvalue weighted by Crippen LogP contribution is 2.49. The molecule has 19 heteroatoms. The molecule has 0 aromatic rings. The molecule has 0 amide bonds. The minimum atomic E-state index is -5.39. The summed E-state index contributed by atoms with van der Waals surface area (Å²) in [5.41, 5.74) is 0. The molecule has 392 valence electrons. The lowest BCUT2D eigenvalue weighted by molar-refractivity contribution is -0.216. The van der Waals surface area contributed by atoms with Crippen LogP contribution >= 0.6 is 15.6 Å². The van der Waals surface area contributed by atoms with E-state index < -0.39 is 89.6 Å². The van der Waals surface area contributed by atoms with Gasteiger partial charge >= 0.3 is 27.6 Å². The summed E-state index contributed by atoms with van der Waals surface area (Å²) < 4.78 is 49.3. The van der Waals surface area contributed by atoms with E-state index in [0.29, 0.717) is 6.42 Å². The van der Waals surface area contributed by atoms with Gasteiger partial charge in [0.05, 0.1) is 12.7 Å². The topological polar surface area (TPSA) is 276 Å². The molecule has 9 atom stereocenters. The molecule has 1 saturated carbocycles. The minimum Gasteiger partial charge on any atom is -0.462 e. The van der Waals surface area contributed by atoms with Crippen LogP contribution in [-0.4, -0.2) is 114 Å². The molecular formula is C49H84O17P2. The molecule has 1 fully saturated rings. The van der Waals surface area contributed by atoms with Crippen molar-refractivity contribution < 1.29 is 82.0 Å². The van der Waals surface area contributed by atoms with Gasteiger partial charge in [-0.15, -0.1) is 0 Å². The van der Waals surface area contributed by atoms with Gasteiger partial charge in [0.1, 0.15) is 43.2 Å². The molecule has 6 unspecified atom stereocenters. The second kappa shape index (κ2) is 39.1. The second-order valence-corrected chi connectivity index (χ2v) is 19.6. The summed E-state index contributed by atoms with van der Waals surface area (Å²) in [6.07, 6.45) is 28.7. The summed E-state index contributed by atoms with van der Waals surface area (Å²) in [5, 5.41) is 51.6. The highest BCUT2D eigenvalue weighted by Gasteiger charge is 2.54. The van der Waals surface area contributed by atoms with Crippen molar-refractivity contribution in [1.82, 2.24) is 0 Å². The number of carbonyl (C=O) groups excluding carboxylic acids is 2. The first-order valence-electron chi connectivity index (χ1n) is 24.6. The van der Waals surface area contributed by atoms with Gasteiger partial charge in [0.2, 0.25) is 0 Å². The quantitative estimate of drug-likeness (QED) is 0.00938. The predicted octanol–water partition coefficient (Wildman–Crippen LogP) is 8.59. The van der Waals surface area contributed by atoms with Crippen LogP contribution in [0.5, 0.6) is 0 Å². The highest BCUT2D eigenvalue weighted by molar-refractivity contribution is 7.47. The normalized spacial score (nSPS) is 22.3. The van der Waals surface area contributed by atoms with E-state index in [-0.39, 0.29) is 25.7 Å². The lowest BCUT2D eigenvalue weighted by Gasteiger charge is -2.43. The van der Waals surface area contributed by atoms with Crippen LogP contribution < -0.4 is 0 Å². The maximum Gasteiger partial charge on any atom is 0.472 e. The molecule has 8 N–H and O–H groups in total. The molecule has 0 radical (unpaired) electrons. The summed E-state index contributed by atoms with van der Waals surface area (Å²) >= 11 is 0. The fourth-order valence-corrected chi connectivity index (χ4v) is 8.59. The first-order valence-corrected chi connectivity index (χ1v) is 27.6. The van der Waals surface area contributed by atoms with Crippen LogP contribution in [0.4, 0.5) is 0 Å². The molecule has 68 heavy (non-hydrogen) atoms. The first-order chi connectivity index (χ1) is 32.5. The Balaban J connectivity index is 2.66. The maximum atomic E-state index is 13.0. The molecule has 1 aliphatic rings. The van der Waals surface area contributed by atoms with E-state index in [1.807, 2.05) is 12.2 Å². The van der Waals surface area contributed by atoms with E-state index in [1.165, 1.54) is 38.5 Å². The molecule has 0 bridgehead atoms. The van der Waals surface area contributed by atoms with Crippen LogP contribution in [0.1, 0.15) is 162 Å². The molecule has 0 heterocycles. The summed E-state index contributed by atoms with van der Waals surface area (Å²) in [6.45, 7) is 2.82. The van der Waals surface area contributed by atoms with E-state index in [1.54, 1.807) is 18.2 Å². The van der Waals surface area contributed by atoms with Gasteiger partial charge in [-0.1, -0.05) is 151 Å². The third-order valence-electron chi connectivity index (χ3n) is 10.9. The Morgan fingerprint density at radius 1 is 0.559 bits per heavy atom. The number of phosphoric ester groups is 2. The SMILES string of the molecule is CC/C=C\C/C=C\C/C=C\C/C=C\C=C\C(O)CCCC(=O)O[C@H](COC(=O)CCCCCCCCC/C=C\CCCCCCCC)COP(=O)(O)O[C@H]1C(O)C(O)C(O)[C@@H](OP(=O)(O)O)C1O. The number of allylic oxidation sites excluding steroid dienone is 11. The summed E-state index contributed by atoms with van der Waals surface area (Å²) in [7, 11) is -10.8. The van der Waals surface area contributed by atoms with Crippen molar-refractivity contribution in [2.24, 2.45) is 0 Å². The average Bonchev–Trinajstić information content (AvgIpc) is 3.29. The Morgan fingerprint density at radius 3 is 1.65 bits per heavy atom. The zero-order chi connectivity index (χ0) is 50.5. The van der Waals surface area contributed by atoms with Gasteiger partial charge in [0.15, 0.2) is 6.10 Å². The van der Waals surface area contributed by atoms with E-state index in [4.69, 9.17) is 18.5 Å². The average molecular weight is 1010 g/mol. The predicted molar refractivity (Wildman–Crippen MR) is 261 cm³/mol. The monoisotopic (exact) mass is 1010 g/mol. The van der Waals surface area contributed by atoms with Gasteiger partial charge in [-0.3, -0.25) is 23.2 Å². The Morgan fingerprint density at radius 2 is 1.07 bits per heavy atom. The number of rotatable bonds is 40. The van der Waals surface area contributed by atoms with Crippen LogP contribution in [0.15, 0.2) is 72.9 Å². The van der Waals surface area contributed by atoms with E-state index >= 15 is 0 Å². The molecule has 17 nitrogen and oxygen atoms in total. The number of aliphatic hydroxyl groups is 5. The van der Waals surface area contributed by atoms with Crippen LogP contribution in [0.3, 0.4) is 0 Å². The maximum absolute atomic E-state index is 13.0. The zero-order valence-corrected chi connectivity index (χ0v) is 42.2. The van der Waals surface area contributed by atoms with Crippen LogP contribution in [0, 0.1) is 0 Å². The number of phosphoric acid groups is 2. The number of hydrogen-bond donors (Lipinski definition) is 8. The molecule has 1 rings (SSSR count). The number of unbranched alkanes of at least 4 members (excludes halogenated alkanes) is 13. The number of esters is 2. The van der Waals surface area contributed by atoms with Crippen LogP contribution in [-0.2, 0) is 41.8 Å². The Labute approximate surface area is 404 Å². The van der Waals surface area contributed by atoms with Crippen molar-refractivity contribution in [2.75, 3.05) is 13.2 Å². The van der Waals surface area contributed by atoms with Gasteiger partial charge in [-0.05, 0) is 70.6 Å². The van der Waals surface area contributed by atoms with E-state index in [0.717, 1.165) is 77.0 Å². The molecule has 1 aliphatic carbocycles. The fraction of sp³-hybridized carbons (Fsp3) is 0.714. The van der Waals surface area contributed by atoms with Crippen molar-refractivity contribution in [3.05, 3.63) is 72.9 Å². The lowest BCUT2D eigenvalue weighted by atomic mass is 9.85. The number of ether oxygens (including phenoxy) is 2. The van der Waals surface area contributed by atoms with Crippen molar-refractivity contribution in [3.8, 4) is 0 Å². The molecule has 0 saturated heterocycles. The number of hydrogen-bond acceptors (Lipinski definition) is 14. The fourth-order valence-electron chi connectivity index (χ4n) is 7.05. The first kappa shape index (κ1) is 63.4. The summed E-state index contributed by atoms with van der Waals surface area (Å²) in [6, 6.07) is 0. The standard InChI is InChI=1S/C49H84O17P2/c1-3-5-7-9-11-13-15-17-18-19-20-22-24-26-28-30-32-36-42(51)62-38-41(39-63-68(60,61)66-49-46(55)44(53)45(54)48(47(49)56)65-67(57,58)59)64-43(52)37-33-35-40(50)34-31-29-27-25-23-21-16-14-12-10-8-6-4-2/h6,8,12,14,17-18,21,23,27,29,31,34,40-41,44-50,53-56H,3-5,7,9-11,13,15-16,19-20,22,24-26,28,30,32-33,35-39H2,1-2H3,(H,60,61)(H2,57,58,59)/b8-6-,14-12-,18-17-,23-21-,29-27-,34-31+/t40?,41-,44?,45?,46?,47?,48-,49+/m1/s1.